The van der Waals surface area contributed by atoms with Gasteiger partial charge in [-0.1, -0.05) is 41.5 Å². The van der Waals surface area contributed by atoms with Gasteiger partial charge in [0.2, 0.25) is 0 Å². The summed E-state index contributed by atoms with van der Waals surface area (Å²) < 4.78 is 2.17. The third kappa shape index (κ3) is 3.65. The highest BCUT2D eigenvalue weighted by molar-refractivity contribution is 5.01. The lowest BCUT2D eigenvalue weighted by atomic mass is 9.91. The third-order valence-electron chi connectivity index (χ3n) is 2.39. The van der Waals surface area contributed by atoms with Crippen LogP contribution < -0.4 is 0 Å². The largest absolute Gasteiger partial charge is 0.317 e. The predicted molar refractivity (Wildman–Crippen MR) is 62.8 cm³/mol. The SMILES string of the molecule is CC(C)(C)CCn1cnnc1C(C)(C)C. The van der Waals surface area contributed by atoms with Crippen molar-refractivity contribution in [3.63, 3.8) is 0 Å². The molecule has 3 heteroatoms. The van der Waals surface area contributed by atoms with Crippen molar-refractivity contribution in [1.29, 1.82) is 0 Å². The van der Waals surface area contributed by atoms with E-state index < -0.39 is 0 Å². The monoisotopic (exact) mass is 209 g/mol. The highest BCUT2D eigenvalue weighted by Crippen LogP contribution is 2.23. The lowest BCUT2D eigenvalue weighted by Gasteiger charge is -2.22. The molecule has 0 N–H and O–H groups in total. The van der Waals surface area contributed by atoms with Gasteiger partial charge in [-0.2, -0.15) is 0 Å². The fourth-order valence-electron chi connectivity index (χ4n) is 1.46. The van der Waals surface area contributed by atoms with E-state index in [4.69, 9.17) is 0 Å². The molecule has 1 heterocycles. The normalized spacial score (nSPS) is 13.2. The Kier molecular flexibility index (Phi) is 3.22. The molecule has 0 fully saturated rings. The summed E-state index contributed by atoms with van der Waals surface area (Å²) in [6.07, 6.45) is 2.99. The molecule has 0 aliphatic carbocycles. The van der Waals surface area contributed by atoms with Crippen LogP contribution in [0, 0.1) is 5.41 Å². The van der Waals surface area contributed by atoms with E-state index in [1.807, 2.05) is 6.33 Å². The quantitative estimate of drug-likeness (QED) is 0.749. The van der Waals surface area contributed by atoms with Gasteiger partial charge in [0.25, 0.3) is 0 Å². The van der Waals surface area contributed by atoms with Crippen LogP contribution in [-0.4, -0.2) is 14.8 Å². The van der Waals surface area contributed by atoms with Crippen molar-refractivity contribution in [3.8, 4) is 0 Å². The maximum Gasteiger partial charge on any atom is 0.138 e. The van der Waals surface area contributed by atoms with Crippen LogP contribution in [0.25, 0.3) is 0 Å². The first-order chi connectivity index (χ1) is 6.70. The van der Waals surface area contributed by atoms with E-state index >= 15 is 0 Å². The molecule has 0 aliphatic heterocycles. The number of aryl methyl sites for hydroxylation is 1. The molecule has 1 aromatic heterocycles. The predicted octanol–water partition coefficient (Wildman–Crippen LogP) is 3.01. The number of rotatable bonds is 2. The first-order valence-corrected chi connectivity index (χ1v) is 5.58. The Morgan fingerprint density at radius 1 is 1.13 bits per heavy atom. The maximum atomic E-state index is 4.20. The van der Waals surface area contributed by atoms with Gasteiger partial charge in [0.15, 0.2) is 0 Å². The van der Waals surface area contributed by atoms with Crippen LogP contribution in [0.5, 0.6) is 0 Å². The van der Waals surface area contributed by atoms with Gasteiger partial charge in [-0.05, 0) is 11.8 Å². The second-order valence-electron chi connectivity index (χ2n) is 6.41. The second-order valence-corrected chi connectivity index (χ2v) is 6.41. The fraction of sp³-hybridized carbons (Fsp3) is 0.833. The second kappa shape index (κ2) is 3.95. The van der Waals surface area contributed by atoms with Gasteiger partial charge in [-0.15, -0.1) is 10.2 Å². The standard InChI is InChI=1S/C12H23N3/c1-11(2,3)7-8-15-9-13-14-10(15)12(4,5)6/h9H,7-8H2,1-6H3. The van der Waals surface area contributed by atoms with Crippen molar-refractivity contribution in [3.05, 3.63) is 12.2 Å². The first kappa shape index (κ1) is 12.2. The van der Waals surface area contributed by atoms with E-state index in [1.54, 1.807) is 0 Å². The Morgan fingerprint density at radius 3 is 2.20 bits per heavy atom. The molecule has 3 nitrogen and oxygen atoms in total. The minimum absolute atomic E-state index is 0.0778. The van der Waals surface area contributed by atoms with Crippen LogP contribution in [-0.2, 0) is 12.0 Å². The molecule has 0 bridgehead atoms. The molecule has 0 aliphatic rings. The van der Waals surface area contributed by atoms with Gasteiger partial charge in [0.1, 0.15) is 12.2 Å². The lowest BCUT2D eigenvalue weighted by Crippen LogP contribution is -2.20. The van der Waals surface area contributed by atoms with Crippen molar-refractivity contribution in [2.75, 3.05) is 0 Å². The van der Waals surface area contributed by atoms with Gasteiger partial charge in [0.05, 0.1) is 0 Å². The Morgan fingerprint density at radius 2 is 1.73 bits per heavy atom. The fourth-order valence-corrected chi connectivity index (χ4v) is 1.46. The van der Waals surface area contributed by atoms with Crippen molar-refractivity contribution in [1.82, 2.24) is 14.8 Å². The molecular weight excluding hydrogens is 186 g/mol. The molecule has 0 saturated heterocycles. The van der Waals surface area contributed by atoms with E-state index in [-0.39, 0.29) is 5.41 Å². The number of nitrogens with zero attached hydrogens (tertiary/aromatic N) is 3. The average Bonchev–Trinajstić information content (AvgIpc) is 2.45. The Labute approximate surface area is 92.9 Å². The third-order valence-corrected chi connectivity index (χ3v) is 2.39. The van der Waals surface area contributed by atoms with Gasteiger partial charge < -0.3 is 4.57 Å². The Hall–Kier alpha value is -0.860. The molecule has 0 radical (unpaired) electrons. The van der Waals surface area contributed by atoms with Crippen LogP contribution in [0.4, 0.5) is 0 Å². The smallest absolute Gasteiger partial charge is 0.138 e. The summed E-state index contributed by atoms with van der Waals surface area (Å²) in [6.45, 7) is 14.3. The van der Waals surface area contributed by atoms with E-state index in [0.717, 1.165) is 18.8 Å². The zero-order valence-electron chi connectivity index (χ0n) is 10.8. The van der Waals surface area contributed by atoms with E-state index in [2.05, 4.69) is 56.3 Å². The van der Waals surface area contributed by atoms with Crippen molar-refractivity contribution >= 4 is 0 Å². The average molecular weight is 209 g/mol. The summed E-state index contributed by atoms with van der Waals surface area (Å²) in [6, 6.07) is 0. The summed E-state index contributed by atoms with van der Waals surface area (Å²) in [5.74, 6) is 1.08. The molecule has 0 atom stereocenters. The molecule has 15 heavy (non-hydrogen) atoms. The highest BCUT2D eigenvalue weighted by atomic mass is 15.3. The molecule has 0 aromatic carbocycles. The summed E-state index contributed by atoms with van der Waals surface area (Å²) >= 11 is 0. The molecule has 1 rings (SSSR count). The number of hydrogen-bond donors (Lipinski definition) is 0. The molecule has 86 valence electrons. The summed E-state index contributed by atoms with van der Waals surface area (Å²) in [5, 5.41) is 8.20. The van der Waals surface area contributed by atoms with Gasteiger partial charge in [0, 0.05) is 12.0 Å². The van der Waals surface area contributed by atoms with Crippen molar-refractivity contribution in [2.24, 2.45) is 5.41 Å². The summed E-state index contributed by atoms with van der Waals surface area (Å²) in [4.78, 5) is 0. The van der Waals surface area contributed by atoms with Gasteiger partial charge >= 0.3 is 0 Å². The van der Waals surface area contributed by atoms with E-state index in [1.165, 1.54) is 0 Å². The molecule has 0 saturated carbocycles. The number of aromatic nitrogens is 3. The zero-order chi connectivity index (χ0) is 11.7. The van der Waals surface area contributed by atoms with Crippen LogP contribution in [0.3, 0.4) is 0 Å². The summed E-state index contributed by atoms with van der Waals surface area (Å²) in [5.41, 5.74) is 0.438. The zero-order valence-corrected chi connectivity index (χ0v) is 10.8. The lowest BCUT2D eigenvalue weighted by molar-refractivity contribution is 0.341. The van der Waals surface area contributed by atoms with Crippen molar-refractivity contribution in [2.45, 2.75) is 59.9 Å². The Balaban J connectivity index is 2.75. The maximum absolute atomic E-state index is 4.20. The number of hydrogen-bond acceptors (Lipinski definition) is 2. The Bertz CT molecular complexity index is 312. The molecule has 0 unspecified atom stereocenters. The first-order valence-electron chi connectivity index (χ1n) is 5.58. The topological polar surface area (TPSA) is 30.7 Å². The molecular formula is C12H23N3. The van der Waals surface area contributed by atoms with Crippen molar-refractivity contribution < 1.29 is 0 Å². The molecule has 1 aromatic rings. The minimum Gasteiger partial charge on any atom is -0.317 e. The molecule has 0 amide bonds. The van der Waals surface area contributed by atoms with E-state index in [9.17, 15) is 0 Å². The van der Waals surface area contributed by atoms with Crippen LogP contribution in [0.15, 0.2) is 6.33 Å². The minimum atomic E-state index is 0.0778. The van der Waals surface area contributed by atoms with E-state index in [0.29, 0.717) is 5.41 Å². The van der Waals surface area contributed by atoms with Crippen LogP contribution in [0.2, 0.25) is 0 Å². The summed E-state index contributed by atoms with van der Waals surface area (Å²) in [7, 11) is 0. The van der Waals surface area contributed by atoms with Gasteiger partial charge in [-0.3, -0.25) is 0 Å². The van der Waals surface area contributed by atoms with Crippen LogP contribution in [0.1, 0.15) is 53.8 Å². The highest BCUT2D eigenvalue weighted by Gasteiger charge is 2.21. The van der Waals surface area contributed by atoms with Gasteiger partial charge in [-0.25, -0.2) is 0 Å². The molecule has 0 spiro atoms. The van der Waals surface area contributed by atoms with Crippen LogP contribution >= 0.6 is 0 Å².